The number of benzene rings is 16. The summed E-state index contributed by atoms with van der Waals surface area (Å²) in [5, 5.41) is 5.02. The van der Waals surface area contributed by atoms with Crippen molar-refractivity contribution >= 4 is 107 Å². The summed E-state index contributed by atoms with van der Waals surface area (Å²) in [5.74, 6) is 0. The first kappa shape index (κ1) is 70.9. The smallest absolute Gasteiger partial charge is 0.0567 e. The molecule has 0 bridgehead atoms. The van der Waals surface area contributed by atoms with Gasteiger partial charge in [0.2, 0.25) is 0 Å². The molecule has 107 heavy (non-hydrogen) atoms. The number of aryl methyl sites for hydroxylation is 6. The van der Waals surface area contributed by atoms with Gasteiger partial charge >= 0.3 is 0 Å². The van der Waals surface area contributed by atoms with Gasteiger partial charge in [0.05, 0.1) is 5.69 Å². The van der Waals surface area contributed by atoms with Crippen LogP contribution in [0.4, 0.5) is 85.3 Å². The fourth-order valence-electron chi connectivity index (χ4n) is 13.8. The molecule has 0 radical (unpaired) electrons. The summed E-state index contributed by atoms with van der Waals surface area (Å²) in [6.45, 7) is 12.7. The molecular formula is C101H90N6. The van der Waals surface area contributed by atoms with E-state index in [-0.39, 0.29) is 0 Å². The fourth-order valence-corrected chi connectivity index (χ4v) is 13.8. The van der Waals surface area contributed by atoms with E-state index in [0.29, 0.717) is 0 Å². The molecule has 0 fully saturated rings. The molecule has 0 atom stereocenters. The molecule has 0 aliphatic heterocycles. The van der Waals surface area contributed by atoms with Gasteiger partial charge in [0.25, 0.3) is 0 Å². The predicted molar refractivity (Wildman–Crippen MR) is 461 cm³/mol. The van der Waals surface area contributed by atoms with Gasteiger partial charge in [-0.15, -0.1) is 0 Å². The lowest BCUT2D eigenvalue weighted by Crippen LogP contribution is -2.12. The van der Waals surface area contributed by atoms with Crippen molar-refractivity contribution in [2.45, 2.75) is 41.5 Å². The Balaban J connectivity index is 0.000000135. The molecule has 6 heteroatoms. The number of rotatable bonds is 17. The molecule has 0 aromatic heterocycles. The number of nitrogens with zero attached hydrogens (tertiary/aromatic N) is 6. The zero-order valence-electron chi connectivity index (χ0n) is 62.6. The maximum absolute atomic E-state index is 2.32. The molecular weight excluding hydrogens is 1300 g/mol. The second-order valence-electron chi connectivity index (χ2n) is 27.7. The quantitative estimate of drug-likeness (QED) is 0.0841. The van der Waals surface area contributed by atoms with Crippen LogP contribution in [0.15, 0.2) is 382 Å². The van der Waals surface area contributed by atoms with Crippen molar-refractivity contribution in [1.82, 2.24) is 0 Å². The monoisotopic (exact) mass is 1390 g/mol. The topological polar surface area (TPSA) is 19.4 Å². The molecule has 0 unspecified atom stereocenters. The van der Waals surface area contributed by atoms with Gasteiger partial charge in [-0.2, -0.15) is 0 Å². The zero-order valence-corrected chi connectivity index (χ0v) is 62.6. The molecule has 0 aliphatic carbocycles. The molecule has 0 N–H and O–H groups in total. The van der Waals surface area contributed by atoms with Gasteiger partial charge in [-0.25, -0.2) is 0 Å². The van der Waals surface area contributed by atoms with Crippen LogP contribution in [0.1, 0.15) is 33.4 Å². The lowest BCUT2D eigenvalue weighted by molar-refractivity contribution is 1.20. The van der Waals surface area contributed by atoms with Crippen LogP contribution in [0.3, 0.4) is 0 Å². The van der Waals surface area contributed by atoms with Gasteiger partial charge in [0, 0.05) is 112 Å². The SMILES string of the molecule is Cc1ccc(N(c2ccc(C)cc2)c2ccc(N(C)c3c4ccccc4cc4ccccc34)cc2)cc1.Cc1ccc(N(c2ccc(C)cc2)c2ccc(N(C)c3ccc(-c4ccccc4)cc3)cc2)cc1.Cc1ccc(N(c2ccc(C)cc2)c2ccc(N(C)c3cccc(-c4ccccc4)c3)cc2)cc1. The van der Waals surface area contributed by atoms with E-state index in [1.807, 2.05) is 6.07 Å². The predicted octanol–water partition coefficient (Wildman–Crippen LogP) is 28.3. The normalized spacial score (nSPS) is 10.9. The molecule has 0 saturated carbocycles. The lowest BCUT2D eigenvalue weighted by atomic mass is 10.00. The Hall–Kier alpha value is -13.2. The fraction of sp³-hybridized carbons (Fsp3) is 0.0891. The van der Waals surface area contributed by atoms with Crippen molar-refractivity contribution in [3.05, 3.63) is 416 Å². The Morgan fingerprint density at radius 3 is 0.701 bits per heavy atom. The summed E-state index contributed by atoms with van der Waals surface area (Å²) < 4.78 is 0. The second kappa shape index (κ2) is 32.7. The summed E-state index contributed by atoms with van der Waals surface area (Å²) >= 11 is 0. The third kappa shape index (κ3) is 16.6. The van der Waals surface area contributed by atoms with E-state index in [4.69, 9.17) is 0 Å². The van der Waals surface area contributed by atoms with Gasteiger partial charge in [-0.1, -0.05) is 240 Å². The Bertz CT molecular complexity index is 5360. The van der Waals surface area contributed by atoms with E-state index in [9.17, 15) is 0 Å². The average Bonchev–Trinajstić information content (AvgIpc) is 0.748. The number of anilines is 15. The molecule has 16 aromatic rings. The molecule has 0 amide bonds. The van der Waals surface area contributed by atoms with E-state index < -0.39 is 0 Å². The number of hydrogen-bond acceptors (Lipinski definition) is 6. The summed E-state index contributed by atoms with van der Waals surface area (Å²) in [7, 11) is 6.40. The van der Waals surface area contributed by atoms with E-state index in [2.05, 4.69) is 468 Å². The zero-order chi connectivity index (χ0) is 73.8. The van der Waals surface area contributed by atoms with Gasteiger partial charge in [0.15, 0.2) is 0 Å². The highest BCUT2D eigenvalue weighted by Crippen LogP contribution is 2.43. The Morgan fingerprint density at radius 1 is 0.159 bits per heavy atom. The third-order valence-corrected chi connectivity index (χ3v) is 20.0. The van der Waals surface area contributed by atoms with Crippen LogP contribution < -0.4 is 29.4 Å². The summed E-state index contributed by atoms with van der Waals surface area (Å²) in [5.41, 5.74) is 29.7. The molecule has 0 heterocycles. The van der Waals surface area contributed by atoms with Crippen LogP contribution in [0.5, 0.6) is 0 Å². The van der Waals surface area contributed by atoms with E-state index in [1.165, 1.54) is 82.9 Å². The standard InChI is InChI=1S/C35H30N2.2C33H30N2/c1-25-12-16-30(17-13-25)37(31-18-14-26(2)15-19-31)32-22-20-29(21-23-32)36(3)35-33-10-6-4-8-27(33)24-28-9-5-7-11-34(28)35;1-25-12-16-30(17-13-25)35(31-18-14-26(2)15-19-31)32-22-20-29(21-23-32)34(3)33-11-7-10-28(24-33)27-8-5-4-6-9-27;1-25-9-15-31(16-10-25)35(32-17-11-26(2)12-18-32)33-23-21-30(22-24-33)34(3)29-19-13-28(14-20-29)27-7-5-4-6-8-27/h4-24H,1-3H3;2*4-24H,1-3H3. The van der Waals surface area contributed by atoms with Crippen LogP contribution >= 0.6 is 0 Å². The highest BCUT2D eigenvalue weighted by Gasteiger charge is 2.19. The lowest BCUT2D eigenvalue weighted by Gasteiger charge is -2.27. The molecule has 0 saturated heterocycles. The first-order chi connectivity index (χ1) is 52.2. The first-order valence-corrected chi connectivity index (χ1v) is 36.8. The van der Waals surface area contributed by atoms with Crippen LogP contribution in [0.25, 0.3) is 43.8 Å². The van der Waals surface area contributed by atoms with Crippen LogP contribution in [0, 0.1) is 41.5 Å². The first-order valence-electron chi connectivity index (χ1n) is 36.8. The second-order valence-corrected chi connectivity index (χ2v) is 27.7. The van der Waals surface area contributed by atoms with Crippen molar-refractivity contribution < 1.29 is 0 Å². The minimum atomic E-state index is 1.13. The van der Waals surface area contributed by atoms with Gasteiger partial charge in [0.1, 0.15) is 0 Å². The van der Waals surface area contributed by atoms with Gasteiger partial charge in [-0.3, -0.25) is 0 Å². The van der Waals surface area contributed by atoms with E-state index in [1.54, 1.807) is 0 Å². The summed E-state index contributed by atoms with van der Waals surface area (Å²) in [6, 6.07) is 137. The number of fused-ring (bicyclic) bond motifs is 2. The molecule has 524 valence electrons. The maximum Gasteiger partial charge on any atom is 0.0567 e. The molecule has 0 spiro atoms. The van der Waals surface area contributed by atoms with E-state index >= 15 is 0 Å². The molecule has 16 aromatic carbocycles. The highest BCUT2D eigenvalue weighted by molar-refractivity contribution is 6.12. The third-order valence-electron chi connectivity index (χ3n) is 20.0. The van der Waals surface area contributed by atoms with Gasteiger partial charge < -0.3 is 29.4 Å². The minimum absolute atomic E-state index is 1.13. The largest absolute Gasteiger partial charge is 0.345 e. The Labute approximate surface area is 632 Å². The van der Waals surface area contributed by atoms with Crippen LogP contribution in [0.2, 0.25) is 0 Å². The molecule has 16 rings (SSSR count). The van der Waals surface area contributed by atoms with Crippen molar-refractivity contribution in [1.29, 1.82) is 0 Å². The summed E-state index contributed by atoms with van der Waals surface area (Å²) in [6.07, 6.45) is 0. The Kier molecular flexibility index (Phi) is 21.6. The van der Waals surface area contributed by atoms with Crippen molar-refractivity contribution in [2.24, 2.45) is 0 Å². The van der Waals surface area contributed by atoms with Crippen LogP contribution in [-0.2, 0) is 0 Å². The highest BCUT2D eigenvalue weighted by atomic mass is 15.2. The Morgan fingerprint density at radius 2 is 0.383 bits per heavy atom. The van der Waals surface area contributed by atoms with Crippen LogP contribution in [-0.4, -0.2) is 21.1 Å². The molecule has 6 nitrogen and oxygen atoms in total. The number of hydrogen-bond donors (Lipinski definition) is 0. The maximum atomic E-state index is 2.32. The minimum Gasteiger partial charge on any atom is -0.345 e. The summed E-state index contributed by atoms with van der Waals surface area (Å²) in [4.78, 5) is 13.7. The van der Waals surface area contributed by atoms with Crippen molar-refractivity contribution in [2.75, 3.05) is 50.5 Å². The average molecular weight is 1390 g/mol. The van der Waals surface area contributed by atoms with Gasteiger partial charge in [-0.05, 0) is 250 Å². The molecule has 0 aliphatic rings. The van der Waals surface area contributed by atoms with Crippen molar-refractivity contribution in [3.63, 3.8) is 0 Å². The van der Waals surface area contributed by atoms with Crippen molar-refractivity contribution in [3.8, 4) is 22.3 Å². The van der Waals surface area contributed by atoms with E-state index in [0.717, 1.165) is 79.6 Å².